The lowest BCUT2D eigenvalue weighted by molar-refractivity contribution is 0.0110. The highest BCUT2D eigenvalue weighted by atomic mass is 32.1. The smallest absolute Gasteiger partial charge is 0.318 e. The van der Waals surface area contributed by atoms with Gasteiger partial charge in [-0.15, -0.1) is 17.9 Å². The van der Waals surface area contributed by atoms with E-state index in [1.165, 1.54) is 0 Å². The molecule has 1 aromatic rings. The quantitative estimate of drug-likeness (QED) is 0.646. The molecular weight excluding hydrogens is 298 g/mol. The van der Waals surface area contributed by atoms with E-state index in [-0.39, 0.29) is 18.1 Å². The number of rotatable bonds is 6. The van der Waals surface area contributed by atoms with Crippen molar-refractivity contribution in [2.75, 3.05) is 19.8 Å². The number of carbonyl (C=O) groups excluding carboxylic acids is 1. The SMILES string of the molecule is C=CCCC[C@@H](C)NC(=O)N1CCOC[C@@H]1c1nc(C)cs1. The fourth-order valence-electron chi connectivity index (χ4n) is 2.51. The second kappa shape index (κ2) is 8.29. The first-order valence-corrected chi connectivity index (χ1v) is 8.67. The molecule has 1 aromatic heterocycles. The molecule has 1 aliphatic heterocycles. The van der Waals surface area contributed by atoms with Gasteiger partial charge in [0, 0.05) is 23.7 Å². The van der Waals surface area contributed by atoms with Crippen molar-refractivity contribution in [3.05, 3.63) is 28.7 Å². The fourth-order valence-corrected chi connectivity index (χ4v) is 3.40. The van der Waals surface area contributed by atoms with Crippen molar-refractivity contribution >= 4 is 17.4 Å². The third kappa shape index (κ3) is 4.55. The van der Waals surface area contributed by atoms with E-state index < -0.39 is 0 Å². The summed E-state index contributed by atoms with van der Waals surface area (Å²) in [6, 6.07) is 0.0639. The average Bonchev–Trinajstić information content (AvgIpc) is 2.94. The van der Waals surface area contributed by atoms with E-state index in [2.05, 4.69) is 16.9 Å². The van der Waals surface area contributed by atoms with Crippen LogP contribution >= 0.6 is 11.3 Å². The first kappa shape index (κ1) is 17.0. The zero-order valence-electron chi connectivity index (χ0n) is 13.4. The van der Waals surface area contributed by atoms with Crippen molar-refractivity contribution in [2.45, 2.75) is 45.2 Å². The molecule has 0 unspecified atom stereocenters. The number of hydrogen-bond donors (Lipinski definition) is 1. The summed E-state index contributed by atoms with van der Waals surface area (Å²) in [5.41, 5.74) is 0.990. The predicted octanol–water partition coefficient (Wildman–Crippen LogP) is 3.28. The number of aryl methyl sites for hydroxylation is 1. The molecule has 5 nitrogen and oxygen atoms in total. The minimum Gasteiger partial charge on any atom is -0.377 e. The summed E-state index contributed by atoms with van der Waals surface area (Å²) in [5, 5.41) is 6.05. The fraction of sp³-hybridized carbons (Fsp3) is 0.625. The van der Waals surface area contributed by atoms with Crippen molar-refractivity contribution in [3.63, 3.8) is 0 Å². The molecule has 22 heavy (non-hydrogen) atoms. The van der Waals surface area contributed by atoms with E-state index in [0.717, 1.165) is 30.0 Å². The topological polar surface area (TPSA) is 54.5 Å². The monoisotopic (exact) mass is 323 g/mol. The Labute approximate surface area is 136 Å². The lowest BCUT2D eigenvalue weighted by Crippen LogP contribution is -2.50. The molecule has 1 aliphatic rings. The molecule has 1 N–H and O–H groups in total. The number of nitrogens with zero attached hydrogens (tertiary/aromatic N) is 2. The summed E-state index contributed by atoms with van der Waals surface area (Å²) < 4.78 is 5.54. The van der Waals surface area contributed by atoms with Crippen molar-refractivity contribution in [1.82, 2.24) is 15.2 Å². The largest absolute Gasteiger partial charge is 0.377 e. The highest BCUT2D eigenvalue weighted by molar-refractivity contribution is 7.09. The lowest BCUT2D eigenvalue weighted by atomic mass is 10.1. The number of thiazole rings is 1. The molecule has 2 heterocycles. The Morgan fingerprint density at radius 1 is 1.73 bits per heavy atom. The van der Waals surface area contributed by atoms with Crippen LogP contribution in [0.1, 0.15) is 42.9 Å². The molecule has 0 bridgehead atoms. The molecule has 1 fully saturated rings. The summed E-state index contributed by atoms with van der Waals surface area (Å²) in [4.78, 5) is 18.9. The maximum Gasteiger partial charge on any atom is 0.318 e. The van der Waals surface area contributed by atoms with E-state index in [4.69, 9.17) is 4.74 Å². The van der Waals surface area contributed by atoms with Gasteiger partial charge in [0.05, 0.1) is 13.2 Å². The van der Waals surface area contributed by atoms with Gasteiger partial charge in [0.15, 0.2) is 0 Å². The van der Waals surface area contributed by atoms with Crippen LogP contribution in [0, 0.1) is 6.92 Å². The molecule has 122 valence electrons. The predicted molar refractivity (Wildman–Crippen MR) is 89.2 cm³/mol. The molecule has 2 rings (SSSR count). The standard InChI is InChI=1S/C16H25N3O2S/c1-4-5-6-7-12(2)18-16(20)19-8-9-21-10-14(19)15-17-13(3)11-22-15/h4,11-12,14H,1,5-10H2,2-3H3,(H,18,20)/t12-,14-/m1/s1. The van der Waals surface area contributed by atoms with Gasteiger partial charge >= 0.3 is 6.03 Å². The Balaban J connectivity index is 1.95. The van der Waals surface area contributed by atoms with E-state index >= 15 is 0 Å². The maximum absolute atomic E-state index is 12.5. The van der Waals surface area contributed by atoms with Crippen LogP contribution in [-0.2, 0) is 4.74 Å². The number of morpholine rings is 1. The van der Waals surface area contributed by atoms with Crippen LogP contribution in [-0.4, -0.2) is 41.7 Å². The van der Waals surface area contributed by atoms with E-state index in [0.29, 0.717) is 19.8 Å². The molecular formula is C16H25N3O2S. The highest BCUT2D eigenvalue weighted by Gasteiger charge is 2.31. The van der Waals surface area contributed by atoms with Gasteiger partial charge in [-0.1, -0.05) is 6.08 Å². The number of unbranched alkanes of at least 4 members (excludes halogenated alkanes) is 1. The molecule has 0 saturated carbocycles. The van der Waals surface area contributed by atoms with Gasteiger partial charge in [-0.3, -0.25) is 0 Å². The van der Waals surface area contributed by atoms with Gasteiger partial charge in [-0.05, 0) is 33.1 Å². The Morgan fingerprint density at radius 3 is 3.23 bits per heavy atom. The molecule has 6 heteroatoms. The number of hydrogen-bond acceptors (Lipinski definition) is 4. The number of nitrogens with one attached hydrogen (secondary N) is 1. The maximum atomic E-state index is 12.5. The zero-order chi connectivity index (χ0) is 15.9. The molecule has 2 amide bonds. The Bertz CT molecular complexity index is 503. The second-order valence-corrected chi connectivity index (χ2v) is 6.57. The summed E-state index contributed by atoms with van der Waals surface area (Å²) in [6.07, 6.45) is 4.91. The number of ether oxygens (including phenoxy) is 1. The number of allylic oxidation sites excluding steroid dienone is 1. The van der Waals surface area contributed by atoms with Crippen LogP contribution in [0.4, 0.5) is 4.79 Å². The van der Waals surface area contributed by atoms with Crippen LogP contribution in [0.2, 0.25) is 0 Å². The lowest BCUT2D eigenvalue weighted by Gasteiger charge is -2.35. The Kier molecular flexibility index (Phi) is 6.39. The first-order valence-electron chi connectivity index (χ1n) is 7.79. The van der Waals surface area contributed by atoms with Gasteiger partial charge in [0.1, 0.15) is 11.0 Å². The zero-order valence-corrected chi connectivity index (χ0v) is 14.2. The molecule has 0 aromatic carbocycles. The van der Waals surface area contributed by atoms with Gasteiger partial charge in [-0.25, -0.2) is 9.78 Å². The third-order valence-electron chi connectivity index (χ3n) is 3.73. The third-order valence-corrected chi connectivity index (χ3v) is 4.79. The number of carbonyl (C=O) groups is 1. The summed E-state index contributed by atoms with van der Waals surface area (Å²) in [7, 11) is 0. The Hall–Kier alpha value is -1.40. The van der Waals surface area contributed by atoms with Gasteiger partial charge in [-0.2, -0.15) is 0 Å². The van der Waals surface area contributed by atoms with Gasteiger partial charge in [0.2, 0.25) is 0 Å². The van der Waals surface area contributed by atoms with Crippen LogP contribution in [0.25, 0.3) is 0 Å². The number of urea groups is 1. The molecule has 0 radical (unpaired) electrons. The first-order chi connectivity index (χ1) is 10.6. The summed E-state index contributed by atoms with van der Waals surface area (Å²) in [5.74, 6) is 0. The van der Waals surface area contributed by atoms with E-state index in [1.54, 1.807) is 11.3 Å². The molecule has 0 spiro atoms. The van der Waals surface area contributed by atoms with Crippen molar-refractivity contribution < 1.29 is 9.53 Å². The van der Waals surface area contributed by atoms with E-state index in [9.17, 15) is 4.79 Å². The van der Waals surface area contributed by atoms with Gasteiger partial charge in [0.25, 0.3) is 0 Å². The van der Waals surface area contributed by atoms with Crippen molar-refractivity contribution in [1.29, 1.82) is 0 Å². The normalized spacial score (nSPS) is 19.7. The van der Waals surface area contributed by atoms with E-state index in [1.807, 2.05) is 30.2 Å². The summed E-state index contributed by atoms with van der Waals surface area (Å²) >= 11 is 1.59. The molecule has 0 aliphatic carbocycles. The minimum atomic E-state index is -0.0761. The number of amides is 2. The number of aromatic nitrogens is 1. The molecule has 2 atom stereocenters. The van der Waals surface area contributed by atoms with Crippen molar-refractivity contribution in [2.24, 2.45) is 0 Å². The minimum absolute atomic E-state index is 0.0211. The second-order valence-electron chi connectivity index (χ2n) is 5.68. The van der Waals surface area contributed by atoms with Crippen LogP contribution in [0.5, 0.6) is 0 Å². The van der Waals surface area contributed by atoms with Crippen LogP contribution < -0.4 is 5.32 Å². The van der Waals surface area contributed by atoms with Gasteiger partial charge < -0.3 is 15.0 Å². The van der Waals surface area contributed by atoms with Crippen LogP contribution in [0.3, 0.4) is 0 Å². The summed E-state index contributed by atoms with van der Waals surface area (Å²) in [6.45, 7) is 9.44. The average molecular weight is 323 g/mol. The van der Waals surface area contributed by atoms with Crippen molar-refractivity contribution in [3.8, 4) is 0 Å². The van der Waals surface area contributed by atoms with Crippen LogP contribution in [0.15, 0.2) is 18.0 Å². The Morgan fingerprint density at radius 2 is 2.55 bits per heavy atom. The highest BCUT2D eigenvalue weighted by Crippen LogP contribution is 2.27. The molecule has 1 saturated heterocycles.